The minimum Gasteiger partial charge on any atom is -0.349 e. The number of carbonyl (C=O) groups is 2. The number of fused-ring (bicyclic) bond motifs is 7. The van der Waals surface area contributed by atoms with Crippen LogP contribution in [0.3, 0.4) is 0 Å². The van der Waals surface area contributed by atoms with Crippen LogP contribution in [-0.2, 0) is 19.0 Å². The van der Waals surface area contributed by atoms with Gasteiger partial charge in [0.05, 0.1) is 6.10 Å². The summed E-state index contributed by atoms with van der Waals surface area (Å²) in [6.07, 6.45) is -0.0425. The van der Waals surface area contributed by atoms with Gasteiger partial charge in [0.2, 0.25) is 5.91 Å². The molecular formula is C12H16N2O5. The lowest BCUT2D eigenvalue weighted by Crippen LogP contribution is -2.62. The highest BCUT2D eigenvalue weighted by Gasteiger charge is 2.62. The van der Waals surface area contributed by atoms with Crippen LogP contribution in [-0.4, -0.2) is 53.2 Å². The Kier molecular flexibility index (Phi) is 2.13. The molecule has 19 heavy (non-hydrogen) atoms. The van der Waals surface area contributed by atoms with Gasteiger partial charge < -0.3 is 14.2 Å². The standard InChI is InChI=1S/C12H16N2O5/c1-12(2)18-8-6-3-5-4-7(15)13-11(16)14(5)10(17-6)9(8)19-12/h5-6,8-10H,3-4H2,1-2H3,(H,13,15,16)/t5-,6-,8-,9-,10-/m1/s1. The van der Waals surface area contributed by atoms with Gasteiger partial charge in [0.15, 0.2) is 12.0 Å². The fourth-order valence-electron chi connectivity index (χ4n) is 3.57. The van der Waals surface area contributed by atoms with Crippen molar-refractivity contribution in [1.29, 1.82) is 0 Å². The van der Waals surface area contributed by atoms with E-state index >= 15 is 0 Å². The molecule has 1 N–H and O–H groups in total. The molecule has 0 radical (unpaired) electrons. The smallest absolute Gasteiger partial charge is 0.326 e. The number of urea groups is 1. The second-order valence-electron chi connectivity index (χ2n) is 5.98. The summed E-state index contributed by atoms with van der Waals surface area (Å²) in [4.78, 5) is 25.0. The average Bonchev–Trinajstić information content (AvgIpc) is 2.73. The van der Waals surface area contributed by atoms with Gasteiger partial charge in [0.25, 0.3) is 0 Å². The minimum absolute atomic E-state index is 0.100. The molecular weight excluding hydrogens is 252 g/mol. The Morgan fingerprint density at radius 1 is 1.26 bits per heavy atom. The van der Waals surface area contributed by atoms with Crippen LogP contribution < -0.4 is 5.32 Å². The van der Waals surface area contributed by atoms with Crippen molar-refractivity contribution < 1.29 is 23.8 Å². The summed E-state index contributed by atoms with van der Waals surface area (Å²) in [6, 6.07) is -0.496. The van der Waals surface area contributed by atoms with Gasteiger partial charge in [-0.25, -0.2) is 4.79 Å². The SMILES string of the molecule is CC1(C)O[C@@H]2[C@H](O1)[C@H]1C[C@@H]3CC(=O)NC(=O)N3[C@@H]2O1. The van der Waals surface area contributed by atoms with Gasteiger partial charge in [0, 0.05) is 12.5 Å². The Morgan fingerprint density at radius 2 is 2.00 bits per heavy atom. The molecule has 0 aromatic heterocycles. The maximum absolute atomic E-state index is 12.0. The molecule has 4 rings (SSSR count). The summed E-state index contributed by atoms with van der Waals surface area (Å²) in [5, 5.41) is 2.33. The van der Waals surface area contributed by atoms with E-state index in [0.29, 0.717) is 12.8 Å². The van der Waals surface area contributed by atoms with Crippen LogP contribution in [0.4, 0.5) is 4.79 Å². The number of imide groups is 1. The lowest BCUT2D eigenvalue weighted by Gasteiger charge is -2.43. The number of nitrogens with zero attached hydrogens (tertiary/aromatic N) is 1. The molecule has 7 heteroatoms. The van der Waals surface area contributed by atoms with E-state index in [1.807, 2.05) is 13.8 Å². The Labute approximate surface area is 110 Å². The van der Waals surface area contributed by atoms with E-state index in [4.69, 9.17) is 14.2 Å². The molecule has 4 saturated heterocycles. The molecule has 3 amide bonds. The second-order valence-corrected chi connectivity index (χ2v) is 5.98. The number of hydrogen-bond acceptors (Lipinski definition) is 5. The minimum atomic E-state index is -0.648. The largest absolute Gasteiger partial charge is 0.349 e. The van der Waals surface area contributed by atoms with Crippen molar-refractivity contribution in [2.24, 2.45) is 0 Å². The topological polar surface area (TPSA) is 77.1 Å². The first kappa shape index (κ1) is 11.6. The lowest BCUT2D eigenvalue weighted by molar-refractivity contribution is -0.221. The molecule has 2 bridgehead atoms. The zero-order valence-electron chi connectivity index (χ0n) is 10.8. The van der Waals surface area contributed by atoms with Crippen molar-refractivity contribution in [3.8, 4) is 0 Å². The van der Waals surface area contributed by atoms with Crippen molar-refractivity contribution in [2.45, 2.75) is 63.1 Å². The van der Waals surface area contributed by atoms with Crippen LogP contribution >= 0.6 is 0 Å². The molecule has 4 aliphatic rings. The first-order valence-electron chi connectivity index (χ1n) is 6.58. The van der Waals surface area contributed by atoms with Gasteiger partial charge >= 0.3 is 6.03 Å². The maximum atomic E-state index is 12.0. The van der Waals surface area contributed by atoms with E-state index in [2.05, 4.69) is 5.32 Å². The molecule has 7 nitrogen and oxygen atoms in total. The lowest BCUT2D eigenvalue weighted by atomic mass is 10.0. The number of carbonyl (C=O) groups excluding carboxylic acids is 2. The first-order valence-corrected chi connectivity index (χ1v) is 6.58. The Hall–Kier alpha value is -1.18. The maximum Gasteiger partial charge on any atom is 0.326 e. The van der Waals surface area contributed by atoms with E-state index < -0.39 is 18.0 Å². The fourth-order valence-corrected chi connectivity index (χ4v) is 3.57. The van der Waals surface area contributed by atoms with E-state index in [9.17, 15) is 9.59 Å². The summed E-state index contributed by atoms with van der Waals surface area (Å²) >= 11 is 0. The molecule has 0 aromatic rings. The molecule has 5 atom stereocenters. The summed E-state index contributed by atoms with van der Waals surface area (Å²) in [5.41, 5.74) is 0. The van der Waals surface area contributed by atoms with Crippen LogP contribution in [0, 0.1) is 0 Å². The zero-order chi connectivity index (χ0) is 13.4. The summed E-state index contributed by atoms with van der Waals surface area (Å²) < 4.78 is 17.6. The number of rotatable bonds is 0. The average molecular weight is 268 g/mol. The number of ether oxygens (including phenoxy) is 3. The van der Waals surface area contributed by atoms with E-state index in [-0.39, 0.29) is 30.3 Å². The predicted octanol–water partition coefficient (Wildman–Crippen LogP) is -0.0544. The molecule has 0 saturated carbocycles. The fraction of sp³-hybridized carbons (Fsp3) is 0.833. The molecule has 4 heterocycles. The number of hydrogen-bond donors (Lipinski definition) is 1. The van der Waals surface area contributed by atoms with Gasteiger partial charge in [-0.3, -0.25) is 15.0 Å². The molecule has 0 spiro atoms. The van der Waals surface area contributed by atoms with E-state index in [1.165, 1.54) is 0 Å². The third-order valence-corrected chi connectivity index (χ3v) is 4.20. The third kappa shape index (κ3) is 1.55. The number of nitrogens with one attached hydrogen (secondary N) is 1. The normalized spacial score (nSPS) is 46.8. The monoisotopic (exact) mass is 268 g/mol. The van der Waals surface area contributed by atoms with Crippen LogP contribution in [0.5, 0.6) is 0 Å². The van der Waals surface area contributed by atoms with Crippen LogP contribution in [0.15, 0.2) is 0 Å². The van der Waals surface area contributed by atoms with Crippen LogP contribution in [0.25, 0.3) is 0 Å². The molecule has 4 aliphatic heterocycles. The molecule has 0 aromatic carbocycles. The predicted molar refractivity (Wildman–Crippen MR) is 60.9 cm³/mol. The highest BCUT2D eigenvalue weighted by atomic mass is 16.8. The van der Waals surface area contributed by atoms with Crippen LogP contribution in [0.2, 0.25) is 0 Å². The summed E-state index contributed by atoms with van der Waals surface area (Å²) in [6.45, 7) is 3.72. The van der Waals surface area contributed by atoms with Gasteiger partial charge in [-0.05, 0) is 20.3 Å². The highest BCUT2D eigenvalue weighted by molar-refractivity contribution is 5.97. The van der Waals surface area contributed by atoms with Gasteiger partial charge in [-0.1, -0.05) is 0 Å². The quantitative estimate of drug-likeness (QED) is 0.666. The Morgan fingerprint density at radius 3 is 2.79 bits per heavy atom. The van der Waals surface area contributed by atoms with Crippen molar-refractivity contribution in [1.82, 2.24) is 10.2 Å². The third-order valence-electron chi connectivity index (χ3n) is 4.20. The summed E-state index contributed by atoms with van der Waals surface area (Å²) in [5.74, 6) is -0.871. The molecule has 0 unspecified atom stereocenters. The number of amides is 3. The Bertz CT molecular complexity index is 465. The second kappa shape index (κ2) is 3.47. The van der Waals surface area contributed by atoms with Crippen molar-refractivity contribution in [3.63, 3.8) is 0 Å². The van der Waals surface area contributed by atoms with Gasteiger partial charge in [-0.2, -0.15) is 0 Å². The van der Waals surface area contributed by atoms with Crippen molar-refractivity contribution in [3.05, 3.63) is 0 Å². The van der Waals surface area contributed by atoms with Crippen molar-refractivity contribution in [2.75, 3.05) is 0 Å². The van der Waals surface area contributed by atoms with E-state index in [1.54, 1.807) is 4.90 Å². The van der Waals surface area contributed by atoms with E-state index in [0.717, 1.165) is 0 Å². The Balaban J connectivity index is 1.66. The first-order chi connectivity index (χ1) is 8.94. The molecule has 104 valence electrons. The van der Waals surface area contributed by atoms with Crippen molar-refractivity contribution >= 4 is 11.9 Å². The molecule has 0 aliphatic carbocycles. The van der Waals surface area contributed by atoms with Gasteiger partial charge in [-0.15, -0.1) is 0 Å². The highest BCUT2D eigenvalue weighted by Crippen LogP contribution is 2.45. The van der Waals surface area contributed by atoms with Gasteiger partial charge in [0.1, 0.15) is 12.2 Å². The zero-order valence-corrected chi connectivity index (χ0v) is 10.8. The molecule has 4 fully saturated rings. The van der Waals surface area contributed by atoms with Crippen LogP contribution in [0.1, 0.15) is 26.7 Å². The summed E-state index contributed by atoms with van der Waals surface area (Å²) in [7, 11) is 0.